The van der Waals surface area contributed by atoms with Crippen molar-refractivity contribution >= 4 is 21.4 Å². The van der Waals surface area contributed by atoms with Gasteiger partial charge in [-0.1, -0.05) is 32.0 Å². The normalized spacial score (nSPS) is 27.9. The molecule has 16 heavy (non-hydrogen) atoms. The number of fused-ring (bicyclic) bond motifs is 1. The quantitative estimate of drug-likeness (QED) is 0.795. The van der Waals surface area contributed by atoms with Crippen LogP contribution in [-0.2, 0) is 0 Å². The zero-order valence-corrected chi connectivity index (χ0v) is 10.6. The number of hydrogen-bond acceptors (Lipinski definition) is 2. The van der Waals surface area contributed by atoms with Gasteiger partial charge in [0.1, 0.15) is 0 Å². The number of benzene rings is 1. The molecule has 1 fully saturated rings. The molecule has 2 aromatic rings. The third kappa shape index (κ3) is 1.33. The van der Waals surface area contributed by atoms with E-state index < -0.39 is 0 Å². The SMILES string of the molecule is CC1(C)C(N)CC1c1cc2ccccc2s1. The second-order valence-corrected chi connectivity index (χ2v) is 6.52. The fraction of sp³-hybridized carbons (Fsp3) is 0.429. The first-order chi connectivity index (χ1) is 7.59. The van der Waals surface area contributed by atoms with E-state index in [0.717, 1.165) is 6.42 Å². The number of thiophene rings is 1. The van der Waals surface area contributed by atoms with Gasteiger partial charge in [0.2, 0.25) is 0 Å². The van der Waals surface area contributed by atoms with E-state index in [4.69, 9.17) is 5.73 Å². The van der Waals surface area contributed by atoms with Gasteiger partial charge >= 0.3 is 0 Å². The van der Waals surface area contributed by atoms with Crippen LogP contribution in [0.2, 0.25) is 0 Å². The van der Waals surface area contributed by atoms with Gasteiger partial charge in [-0.2, -0.15) is 0 Å². The van der Waals surface area contributed by atoms with Gasteiger partial charge in [-0.3, -0.25) is 0 Å². The second-order valence-electron chi connectivity index (χ2n) is 5.40. The predicted molar refractivity (Wildman–Crippen MR) is 70.9 cm³/mol. The van der Waals surface area contributed by atoms with Crippen LogP contribution in [0.4, 0.5) is 0 Å². The molecule has 0 bridgehead atoms. The smallest absolute Gasteiger partial charge is 0.0345 e. The van der Waals surface area contributed by atoms with Crippen molar-refractivity contribution in [3.05, 3.63) is 35.2 Å². The van der Waals surface area contributed by atoms with Crippen LogP contribution in [0.3, 0.4) is 0 Å². The molecule has 3 rings (SSSR count). The Bertz CT molecular complexity index is 493. The molecule has 2 atom stereocenters. The van der Waals surface area contributed by atoms with E-state index in [9.17, 15) is 0 Å². The Morgan fingerprint density at radius 3 is 2.69 bits per heavy atom. The summed E-state index contributed by atoms with van der Waals surface area (Å²) in [6.45, 7) is 4.58. The van der Waals surface area contributed by atoms with Crippen molar-refractivity contribution in [3.8, 4) is 0 Å². The molecule has 1 aromatic carbocycles. The predicted octanol–water partition coefficient (Wildman–Crippen LogP) is 3.74. The van der Waals surface area contributed by atoms with Crippen LogP contribution in [0.25, 0.3) is 10.1 Å². The summed E-state index contributed by atoms with van der Waals surface area (Å²) < 4.78 is 1.40. The maximum Gasteiger partial charge on any atom is 0.0345 e. The molecule has 2 N–H and O–H groups in total. The van der Waals surface area contributed by atoms with Gasteiger partial charge in [0, 0.05) is 21.5 Å². The van der Waals surface area contributed by atoms with Crippen molar-refractivity contribution in [1.29, 1.82) is 0 Å². The molecule has 0 aliphatic heterocycles. The van der Waals surface area contributed by atoms with Crippen LogP contribution in [0.1, 0.15) is 31.1 Å². The third-order valence-electron chi connectivity index (χ3n) is 4.13. The van der Waals surface area contributed by atoms with E-state index in [1.165, 1.54) is 15.0 Å². The van der Waals surface area contributed by atoms with Crippen molar-refractivity contribution in [2.24, 2.45) is 11.1 Å². The molecule has 0 spiro atoms. The highest BCUT2D eigenvalue weighted by Gasteiger charge is 2.47. The van der Waals surface area contributed by atoms with E-state index in [-0.39, 0.29) is 5.41 Å². The lowest BCUT2D eigenvalue weighted by Crippen LogP contribution is -2.52. The van der Waals surface area contributed by atoms with E-state index >= 15 is 0 Å². The Labute approximate surface area is 100 Å². The molecule has 1 aromatic heterocycles. The molecule has 0 amide bonds. The lowest BCUT2D eigenvalue weighted by molar-refractivity contribution is 0.101. The Kier molecular flexibility index (Phi) is 2.13. The summed E-state index contributed by atoms with van der Waals surface area (Å²) in [4.78, 5) is 1.51. The molecule has 1 aliphatic carbocycles. The summed E-state index contributed by atoms with van der Waals surface area (Å²) in [7, 11) is 0. The monoisotopic (exact) mass is 231 g/mol. The molecular formula is C14H17NS. The van der Waals surface area contributed by atoms with Crippen molar-refractivity contribution in [1.82, 2.24) is 0 Å². The minimum absolute atomic E-state index is 0.265. The topological polar surface area (TPSA) is 26.0 Å². The van der Waals surface area contributed by atoms with Crippen molar-refractivity contribution in [2.75, 3.05) is 0 Å². The largest absolute Gasteiger partial charge is 0.327 e. The van der Waals surface area contributed by atoms with E-state index in [2.05, 4.69) is 44.2 Å². The maximum absolute atomic E-state index is 6.08. The summed E-state index contributed by atoms with van der Waals surface area (Å²) in [6, 6.07) is 11.3. The molecule has 1 heterocycles. The molecule has 2 unspecified atom stereocenters. The Balaban J connectivity index is 2.02. The summed E-state index contributed by atoms with van der Waals surface area (Å²) in [5.74, 6) is 0.653. The third-order valence-corrected chi connectivity index (χ3v) is 5.36. The van der Waals surface area contributed by atoms with Crippen LogP contribution in [0.5, 0.6) is 0 Å². The molecule has 1 saturated carbocycles. The molecule has 1 nitrogen and oxygen atoms in total. The van der Waals surface area contributed by atoms with Gasteiger partial charge in [0.05, 0.1) is 0 Å². The highest BCUT2D eigenvalue weighted by molar-refractivity contribution is 7.19. The van der Waals surface area contributed by atoms with Gasteiger partial charge < -0.3 is 5.73 Å². The number of nitrogens with two attached hydrogens (primary N) is 1. The standard InChI is InChI=1S/C14H17NS/c1-14(2)10(8-13(14)15)12-7-9-5-3-4-6-11(9)16-12/h3-7,10,13H,8,15H2,1-2H3. The Hall–Kier alpha value is -0.860. The molecule has 84 valence electrons. The minimum atomic E-state index is 0.265. The van der Waals surface area contributed by atoms with Gasteiger partial charge in [0.25, 0.3) is 0 Å². The van der Waals surface area contributed by atoms with Crippen molar-refractivity contribution < 1.29 is 0 Å². The molecular weight excluding hydrogens is 214 g/mol. The van der Waals surface area contributed by atoms with E-state index in [1.807, 2.05) is 11.3 Å². The number of rotatable bonds is 1. The summed E-state index contributed by atoms with van der Waals surface area (Å²) in [5.41, 5.74) is 6.35. The van der Waals surface area contributed by atoms with Gasteiger partial charge in [-0.25, -0.2) is 0 Å². The van der Waals surface area contributed by atoms with Gasteiger partial charge in [0.15, 0.2) is 0 Å². The fourth-order valence-corrected chi connectivity index (χ4v) is 3.99. The first-order valence-electron chi connectivity index (χ1n) is 5.83. The van der Waals surface area contributed by atoms with Gasteiger partial charge in [-0.05, 0) is 29.4 Å². The summed E-state index contributed by atoms with van der Waals surface area (Å²) >= 11 is 1.93. The summed E-state index contributed by atoms with van der Waals surface area (Å²) in [5, 5.41) is 1.37. The lowest BCUT2D eigenvalue weighted by atomic mass is 9.58. The fourth-order valence-electron chi connectivity index (χ4n) is 2.62. The van der Waals surface area contributed by atoms with Crippen molar-refractivity contribution in [3.63, 3.8) is 0 Å². The summed E-state index contributed by atoms with van der Waals surface area (Å²) in [6.07, 6.45) is 1.14. The van der Waals surface area contributed by atoms with E-state index in [1.54, 1.807) is 0 Å². The Morgan fingerprint density at radius 1 is 1.31 bits per heavy atom. The number of hydrogen-bond donors (Lipinski definition) is 1. The lowest BCUT2D eigenvalue weighted by Gasteiger charge is -2.50. The van der Waals surface area contributed by atoms with Crippen LogP contribution in [0, 0.1) is 5.41 Å². The van der Waals surface area contributed by atoms with Crippen LogP contribution in [-0.4, -0.2) is 6.04 Å². The average Bonchev–Trinajstić information content (AvgIpc) is 2.68. The molecule has 0 saturated heterocycles. The van der Waals surface area contributed by atoms with Crippen LogP contribution in [0.15, 0.2) is 30.3 Å². The zero-order valence-electron chi connectivity index (χ0n) is 9.73. The zero-order chi connectivity index (χ0) is 11.3. The highest BCUT2D eigenvalue weighted by atomic mass is 32.1. The van der Waals surface area contributed by atoms with Crippen molar-refractivity contribution in [2.45, 2.75) is 32.2 Å². The highest BCUT2D eigenvalue weighted by Crippen LogP contribution is 2.53. The van der Waals surface area contributed by atoms with Gasteiger partial charge in [-0.15, -0.1) is 11.3 Å². The molecule has 1 aliphatic rings. The average molecular weight is 231 g/mol. The van der Waals surface area contributed by atoms with E-state index in [0.29, 0.717) is 12.0 Å². The minimum Gasteiger partial charge on any atom is -0.327 e. The first kappa shape index (κ1) is 10.3. The first-order valence-corrected chi connectivity index (χ1v) is 6.65. The molecule has 0 radical (unpaired) electrons. The maximum atomic E-state index is 6.08. The van der Waals surface area contributed by atoms with Crippen LogP contribution >= 0.6 is 11.3 Å². The molecule has 2 heteroatoms. The Morgan fingerprint density at radius 2 is 2.06 bits per heavy atom. The second kappa shape index (κ2) is 3.31. The van der Waals surface area contributed by atoms with Crippen LogP contribution < -0.4 is 5.73 Å².